The Kier molecular flexibility index (Phi) is 14.9. The zero-order valence-corrected chi connectivity index (χ0v) is 29.9. The number of azide groups is 1. The molecular weight excluding hydrogens is 657 g/mol. The molecule has 0 aliphatic carbocycles. The molecule has 0 saturated carbocycles. The molecule has 0 atom stereocenters. The maximum Gasteiger partial charge on any atom is 0.333 e. The summed E-state index contributed by atoms with van der Waals surface area (Å²) in [5.41, 5.74) is 13.0. The first kappa shape index (κ1) is 38.1. The molecule has 266 valence electrons. The maximum atomic E-state index is 12.3. The summed E-state index contributed by atoms with van der Waals surface area (Å²) >= 11 is 1.89. The van der Waals surface area contributed by atoms with E-state index < -0.39 is 22.5 Å². The van der Waals surface area contributed by atoms with Crippen molar-refractivity contribution in [2.75, 3.05) is 33.6 Å². The molecule has 3 aromatic carbocycles. The van der Waals surface area contributed by atoms with Crippen LogP contribution in [0, 0.1) is 0 Å². The Balaban J connectivity index is 1.58. The van der Waals surface area contributed by atoms with Crippen molar-refractivity contribution < 1.29 is 33.4 Å². The van der Waals surface area contributed by atoms with E-state index in [2.05, 4.69) is 46.4 Å². The van der Waals surface area contributed by atoms with Crippen LogP contribution in [0.4, 0.5) is 0 Å². The van der Waals surface area contributed by atoms with Gasteiger partial charge in [0.05, 0.1) is 26.1 Å². The van der Waals surface area contributed by atoms with E-state index in [4.69, 9.17) is 24.6 Å². The SMILES string of the molecule is COc1ccc(C(SCCCCCCN=[N+]=[N-])(c2ccc(OC)cc2)c2ccc(OC)c(CCCCCC(=O)ON3C(=O)CCC3=O)c2)cc1. The second kappa shape index (κ2) is 19.5. The van der Waals surface area contributed by atoms with Crippen LogP contribution in [-0.4, -0.2) is 56.5 Å². The van der Waals surface area contributed by atoms with Gasteiger partial charge < -0.3 is 19.0 Å². The molecule has 4 rings (SSSR count). The molecule has 0 bridgehead atoms. The van der Waals surface area contributed by atoms with E-state index in [0.29, 0.717) is 18.0 Å². The lowest BCUT2D eigenvalue weighted by Crippen LogP contribution is -2.31. The van der Waals surface area contributed by atoms with Gasteiger partial charge in [0, 0.05) is 30.7 Å². The van der Waals surface area contributed by atoms with Crippen molar-refractivity contribution in [1.29, 1.82) is 0 Å². The third-order valence-corrected chi connectivity index (χ3v) is 10.4. The molecular formula is C38H46N4O7S. The number of unbranched alkanes of at least 4 members (excludes halogenated alkanes) is 5. The van der Waals surface area contributed by atoms with Gasteiger partial charge in [-0.25, -0.2) is 4.79 Å². The van der Waals surface area contributed by atoms with Crippen molar-refractivity contribution in [2.24, 2.45) is 5.11 Å². The van der Waals surface area contributed by atoms with Crippen molar-refractivity contribution in [1.82, 2.24) is 5.06 Å². The molecule has 0 unspecified atom stereocenters. The van der Waals surface area contributed by atoms with Crippen LogP contribution in [0.5, 0.6) is 17.2 Å². The minimum Gasteiger partial charge on any atom is -0.497 e. The van der Waals surface area contributed by atoms with Gasteiger partial charge in [-0.15, -0.1) is 16.8 Å². The molecule has 3 aromatic rings. The van der Waals surface area contributed by atoms with E-state index in [9.17, 15) is 14.4 Å². The lowest BCUT2D eigenvalue weighted by molar-refractivity contribution is -0.197. The normalized spacial score (nSPS) is 12.8. The first-order valence-corrected chi connectivity index (χ1v) is 18.0. The van der Waals surface area contributed by atoms with Crippen molar-refractivity contribution >= 4 is 29.5 Å². The predicted molar refractivity (Wildman–Crippen MR) is 193 cm³/mol. The number of hydrogen-bond donors (Lipinski definition) is 0. The van der Waals surface area contributed by atoms with E-state index in [-0.39, 0.29) is 19.3 Å². The van der Waals surface area contributed by atoms with E-state index >= 15 is 0 Å². The number of amides is 2. The fourth-order valence-electron chi connectivity index (χ4n) is 6.07. The quantitative estimate of drug-likeness (QED) is 0.0270. The average molecular weight is 703 g/mol. The van der Waals surface area contributed by atoms with Gasteiger partial charge >= 0.3 is 5.97 Å². The number of aryl methyl sites for hydroxylation is 1. The summed E-state index contributed by atoms with van der Waals surface area (Å²) in [5, 5.41) is 4.26. The number of rotatable bonds is 21. The fourth-order valence-corrected chi connectivity index (χ4v) is 7.62. The minimum absolute atomic E-state index is 0.0733. The summed E-state index contributed by atoms with van der Waals surface area (Å²) in [7, 11) is 5.00. The Labute approximate surface area is 298 Å². The number of ether oxygens (including phenoxy) is 3. The lowest BCUT2D eigenvalue weighted by atomic mass is 9.82. The molecule has 1 fully saturated rings. The van der Waals surface area contributed by atoms with E-state index in [1.807, 2.05) is 42.1 Å². The molecule has 2 amide bonds. The summed E-state index contributed by atoms with van der Waals surface area (Å²) in [4.78, 5) is 43.7. The number of carbonyl (C=O) groups is 3. The van der Waals surface area contributed by atoms with Gasteiger partial charge in [-0.1, -0.05) is 60.8 Å². The molecule has 0 N–H and O–H groups in total. The topological polar surface area (TPSA) is 140 Å². The highest BCUT2D eigenvalue weighted by Gasteiger charge is 2.38. The summed E-state index contributed by atoms with van der Waals surface area (Å²) in [5.74, 6) is 1.71. The van der Waals surface area contributed by atoms with E-state index in [1.54, 1.807) is 21.3 Å². The molecule has 0 aromatic heterocycles. The highest BCUT2D eigenvalue weighted by Crippen LogP contribution is 2.50. The first-order chi connectivity index (χ1) is 24.4. The highest BCUT2D eigenvalue weighted by atomic mass is 32.2. The van der Waals surface area contributed by atoms with Gasteiger partial charge in [0.15, 0.2) is 0 Å². The number of hydroxylamine groups is 2. The molecule has 1 heterocycles. The fraction of sp³-hybridized carbons (Fsp3) is 0.447. The van der Waals surface area contributed by atoms with Crippen LogP contribution in [0.3, 0.4) is 0 Å². The molecule has 11 nitrogen and oxygen atoms in total. The van der Waals surface area contributed by atoms with Crippen LogP contribution in [0.1, 0.15) is 86.5 Å². The van der Waals surface area contributed by atoms with Crippen LogP contribution in [-0.2, 0) is 30.4 Å². The van der Waals surface area contributed by atoms with Crippen LogP contribution in [0.15, 0.2) is 71.8 Å². The largest absolute Gasteiger partial charge is 0.497 e. The summed E-state index contributed by atoms with van der Waals surface area (Å²) in [6.45, 7) is 0.518. The average Bonchev–Trinajstić information content (AvgIpc) is 3.46. The summed E-state index contributed by atoms with van der Waals surface area (Å²) in [6, 6.07) is 22.9. The number of thioether (sulfide) groups is 1. The third kappa shape index (κ3) is 9.95. The molecule has 50 heavy (non-hydrogen) atoms. The zero-order valence-electron chi connectivity index (χ0n) is 29.1. The van der Waals surface area contributed by atoms with Crippen molar-refractivity contribution in [3.8, 4) is 17.2 Å². The van der Waals surface area contributed by atoms with Gasteiger partial charge in [-0.3, -0.25) is 9.59 Å². The van der Waals surface area contributed by atoms with Crippen LogP contribution >= 0.6 is 11.8 Å². The van der Waals surface area contributed by atoms with Gasteiger partial charge in [0.25, 0.3) is 11.8 Å². The number of hydrogen-bond acceptors (Lipinski definition) is 9. The Bertz CT molecular complexity index is 1560. The van der Waals surface area contributed by atoms with E-state index in [1.165, 1.54) is 0 Å². The van der Waals surface area contributed by atoms with Crippen LogP contribution < -0.4 is 14.2 Å². The van der Waals surface area contributed by atoms with Gasteiger partial charge in [-0.05, 0) is 96.0 Å². The Morgan fingerprint density at radius 1 is 0.780 bits per heavy atom. The van der Waals surface area contributed by atoms with Crippen LogP contribution in [0.2, 0.25) is 0 Å². The minimum atomic E-state index is -0.579. The molecule has 1 aliphatic heterocycles. The third-order valence-electron chi connectivity index (χ3n) is 8.74. The molecule has 1 saturated heterocycles. The number of imide groups is 1. The predicted octanol–water partition coefficient (Wildman–Crippen LogP) is 8.32. The monoisotopic (exact) mass is 702 g/mol. The summed E-state index contributed by atoms with van der Waals surface area (Å²) in [6.07, 6.45) is 7.01. The lowest BCUT2D eigenvalue weighted by Gasteiger charge is -2.36. The maximum absolute atomic E-state index is 12.3. The number of methoxy groups -OCH3 is 3. The van der Waals surface area contributed by atoms with Crippen molar-refractivity contribution in [3.63, 3.8) is 0 Å². The smallest absolute Gasteiger partial charge is 0.333 e. The molecule has 0 spiro atoms. The number of nitrogens with zero attached hydrogens (tertiary/aromatic N) is 4. The van der Waals surface area contributed by atoms with E-state index in [0.717, 1.165) is 90.2 Å². The second-order valence-electron chi connectivity index (χ2n) is 12.0. The number of carbonyl (C=O) groups excluding carboxylic acids is 3. The van der Waals surface area contributed by atoms with Crippen molar-refractivity contribution in [2.45, 2.75) is 75.4 Å². The zero-order chi connectivity index (χ0) is 35.8. The van der Waals surface area contributed by atoms with Crippen molar-refractivity contribution in [3.05, 3.63) is 99.4 Å². The first-order valence-electron chi connectivity index (χ1n) is 17.0. The standard InChI is InChI=1S/C38H46N4O7S/c1-46-32-18-13-29(14-19-32)38(30-15-20-33(47-2)21-16-30,50-26-10-5-4-9-25-40-41-39)31-17-22-34(48-3)28(27-31)11-7-6-8-12-37(45)49-42-35(43)23-24-36(42)44/h13-22,27H,4-12,23-26H2,1-3H3. The molecule has 1 aliphatic rings. The number of benzene rings is 3. The Morgan fingerprint density at radius 3 is 1.94 bits per heavy atom. The summed E-state index contributed by atoms with van der Waals surface area (Å²) < 4.78 is 16.3. The Morgan fingerprint density at radius 2 is 1.36 bits per heavy atom. The molecule has 12 heteroatoms. The van der Waals surface area contributed by atoms with Crippen LogP contribution in [0.25, 0.3) is 10.4 Å². The second-order valence-corrected chi connectivity index (χ2v) is 13.3. The van der Waals surface area contributed by atoms with Gasteiger partial charge in [-0.2, -0.15) is 0 Å². The van der Waals surface area contributed by atoms with Gasteiger partial charge in [0.1, 0.15) is 17.2 Å². The molecule has 0 radical (unpaired) electrons. The van der Waals surface area contributed by atoms with Gasteiger partial charge in [0.2, 0.25) is 0 Å². The Hall–Kier alpha value is -4.67. The highest BCUT2D eigenvalue weighted by molar-refractivity contribution is 8.00.